The van der Waals surface area contributed by atoms with Crippen LogP contribution in [0.25, 0.3) is 0 Å². The predicted octanol–water partition coefficient (Wildman–Crippen LogP) is 7.47. The second-order valence-corrected chi connectivity index (χ2v) is 19.5. The van der Waals surface area contributed by atoms with E-state index in [2.05, 4.69) is 115 Å². The van der Waals surface area contributed by atoms with Crippen LogP contribution in [0.5, 0.6) is 17.2 Å². The number of benzene rings is 3. The van der Waals surface area contributed by atoms with E-state index < -0.39 is 18.3 Å². The molecule has 12 heteroatoms. The van der Waals surface area contributed by atoms with Gasteiger partial charge >= 0.3 is 0 Å². The van der Waals surface area contributed by atoms with Crippen LogP contribution in [-0.2, 0) is 14.2 Å². The lowest BCUT2D eigenvalue weighted by atomic mass is 10.0. The summed E-state index contributed by atoms with van der Waals surface area (Å²) in [7, 11) is 0. The molecule has 3 heterocycles. The molecule has 3 N–H and O–H groups in total. The summed E-state index contributed by atoms with van der Waals surface area (Å²) in [6, 6.07) is 22.2. The number of hydrogen-bond donors (Lipinski definition) is 3. The minimum absolute atomic E-state index is 0.219. The first-order valence-corrected chi connectivity index (χ1v) is 24.1. The lowest BCUT2D eigenvalue weighted by Gasteiger charge is -2.36. The van der Waals surface area contributed by atoms with Crippen molar-refractivity contribution in [3.05, 3.63) is 89.0 Å². The van der Waals surface area contributed by atoms with E-state index in [0.717, 1.165) is 62.1 Å². The van der Waals surface area contributed by atoms with E-state index >= 15 is 0 Å². The number of para-hydroxylation sites is 1. The fourth-order valence-electron chi connectivity index (χ4n) is 8.95. The fraction of sp³-hybridized carbons (Fsp3) is 0.660. The van der Waals surface area contributed by atoms with Gasteiger partial charge in [-0.25, -0.2) is 0 Å². The normalized spacial score (nSPS) is 24.6. The van der Waals surface area contributed by atoms with Gasteiger partial charge in [-0.15, -0.1) is 0 Å². The highest BCUT2D eigenvalue weighted by atomic mass is 16.5. The van der Waals surface area contributed by atoms with Crippen LogP contribution < -0.4 is 14.2 Å². The molecule has 0 spiro atoms. The molecule has 65 heavy (non-hydrogen) atoms. The van der Waals surface area contributed by atoms with Crippen LogP contribution in [0.4, 0.5) is 0 Å². The number of aryl methyl sites for hydroxylation is 2. The molecular formula is C53H85N3O9. The van der Waals surface area contributed by atoms with Gasteiger partial charge in [-0.1, -0.05) is 70.2 Å². The van der Waals surface area contributed by atoms with Crippen LogP contribution in [0.1, 0.15) is 103 Å². The average Bonchev–Trinajstić information content (AvgIpc) is 3.21. The Labute approximate surface area is 392 Å². The Morgan fingerprint density at radius 2 is 0.862 bits per heavy atom. The summed E-state index contributed by atoms with van der Waals surface area (Å²) in [6.07, 6.45) is -0.129. The zero-order valence-corrected chi connectivity index (χ0v) is 41.8. The summed E-state index contributed by atoms with van der Waals surface area (Å²) in [4.78, 5) is 6.75. The number of ether oxygens (including phenoxy) is 6. The van der Waals surface area contributed by atoms with Crippen LogP contribution >= 0.6 is 0 Å². The molecule has 366 valence electrons. The van der Waals surface area contributed by atoms with Crippen LogP contribution in [0, 0.1) is 13.8 Å². The Balaban J connectivity index is 0.000000214. The van der Waals surface area contributed by atoms with E-state index in [1.807, 2.05) is 49.4 Å². The molecule has 0 aromatic heterocycles. The fourth-order valence-corrected chi connectivity index (χ4v) is 8.95. The molecule has 3 saturated heterocycles. The molecule has 0 amide bonds. The van der Waals surface area contributed by atoms with E-state index in [9.17, 15) is 15.3 Å². The Bertz CT molecular complexity index is 1770. The molecule has 9 atom stereocenters. The quantitative estimate of drug-likeness (QED) is 0.125. The van der Waals surface area contributed by atoms with Crippen LogP contribution in [0.2, 0.25) is 0 Å². The van der Waals surface area contributed by atoms with Gasteiger partial charge in [0.1, 0.15) is 55.4 Å². The van der Waals surface area contributed by atoms with Gasteiger partial charge in [0.05, 0.1) is 36.6 Å². The molecule has 6 rings (SSSR count). The van der Waals surface area contributed by atoms with Crippen molar-refractivity contribution < 1.29 is 43.7 Å². The van der Waals surface area contributed by atoms with E-state index in [1.54, 1.807) is 0 Å². The maximum absolute atomic E-state index is 10.3. The molecule has 3 aliphatic heterocycles. The molecule has 0 aliphatic carbocycles. The highest BCUT2D eigenvalue weighted by Gasteiger charge is 2.26. The topological polar surface area (TPSA) is 126 Å². The van der Waals surface area contributed by atoms with Crippen LogP contribution in [-0.4, -0.2) is 164 Å². The molecule has 0 radical (unpaired) electrons. The summed E-state index contributed by atoms with van der Waals surface area (Å²) in [6.45, 7) is 33.2. The van der Waals surface area contributed by atoms with E-state index in [0.29, 0.717) is 51.3 Å². The number of rotatable bonds is 17. The van der Waals surface area contributed by atoms with Gasteiger partial charge in [0, 0.05) is 58.9 Å². The molecule has 3 aliphatic rings. The summed E-state index contributed by atoms with van der Waals surface area (Å²) >= 11 is 0. The first-order valence-electron chi connectivity index (χ1n) is 24.1. The summed E-state index contributed by atoms with van der Waals surface area (Å²) in [5.41, 5.74) is 4.71. The van der Waals surface area contributed by atoms with E-state index in [1.165, 1.54) is 16.7 Å². The van der Waals surface area contributed by atoms with Gasteiger partial charge in [0.2, 0.25) is 0 Å². The van der Waals surface area contributed by atoms with Crippen molar-refractivity contribution in [2.24, 2.45) is 0 Å². The van der Waals surface area contributed by atoms with E-state index in [-0.39, 0.29) is 36.6 Å². The third-order valence-electron chi connectivity index (χ3n) is 11.5. The standard InChI is InChI=1S/C19H31NO3.C18H29NO3.C16H25NO3/c1-13(2)18-7-6-14(3)8-19(18)22-12-17(21)11-20-9-15(4)23-16(5)10-20;1-13(2)17-7-5-6-8-18(17)21-12-16(20)11-19-9-14(3)22-15(4)10-19;1-12-5-4-6-16(7-12)19-11-15(18)10-17-8-13(2)20-14(3)9-17/h6-8,13,15-17,21H,9-12H2,1-5H3;5-8,13-16,20H,9-12H2,1-4H3;4-7,13-15,18H,8-11H2,1-3H3. The largest absolute Gasteiger partial charge is 0.491 e. The van der Waals surface area contributed by atoms with Gasteiger partial charge in [0.25, 0.3) is 0 Å². The van der Waals surface area contributed by atoms with E-state index in [4.69, 9.17) is 28.4 Å². The lowest BCUT2D eigenvalue weighted by molar-refractivity contribution is -0.0789. The van der Waals surface area contributed by atoms with Crippen LogP contribution in [0.3, 0.4) is 0 Å². The highest BCUT2D eigenvalue weighted by Crippen LogP contribution is 2.28. The minimum Gasteiger partial charge on any atom is -0.491 e. The van der Waals surface area contributed by atoms with Crippen molar-refractivity contribution in [2.45, 2.75) is 150 Å². The second-order valence-electron chi connectivity index (χ2n) is 19.5. The molecule has 9 unspecified atom stereocenters. The smallest absolute Gasteiger partial charge is 0.123 e. The zero-order valence-electron chi connectivity index (χ0n) is 41.8. The molecule has 0 bridgehead atoms. The third kappa shape index (κ3) is 20.2. The lowest BCUT2D eigenvalue weighted by Crippen LogP contribution is -2.48. The van der Waals surface area contributed by atoms with Crippen molar-refractivity contribution in [1.82, 2.24) is 14.7 Å². The van der Waals surface area contributed by atoms with Crippen LogP contribution in [0.15, 0.2) is 66.7 Å². The van der Waals surface area contributed by atoms with Gasteiger partial charge < -0.3 is 43.7 Å². The van der Waals surface area contributed by atoms with Gasteiger partial charge in [-0.2, -0.15) is 0 Å². The Morgan fingerprint density at radius 3 is 1.29 bits per heavy atom. The molecular weight excluding hydrogens is 823 g/mol. The van der Waals surface area contributed by atoms with Gasteiger partial charge in [-0.05, 0) is 114 Å². The van der Waals surface area contributed by atoms with Crippen molar-refractivity contribution in [3.63, 3.8) is 0 Å². The van der Waals surface area contributed by atoms with Crippen molar-refractivity contribution in [2.75, 3.05) is 78.7 Å². The monoisotopic (exact) mass is 908 g/mol. The first kappa shape index (κ1) is 54.3. The number of aliphatic hydroxyl groups is 3. The SMILES string of the molecule is CC1CN(CC(O)COc2ccccc2C(C)C)CC(C)O1.Cc1ccc(C(C)C)c(OCC(O)CN2CC(C)OC(C)C2)c1.Cc1cccc(OCC(O)CN2CC(C)OC(C)C2)c1. The van der Waals surface area contributed by atoms with Gasteiger partial charge in [-0.3, -0.25) is 14.7 Å². The number of morpholine rings is 3. The summed E-state index contributed by atoms with van der Waals surface area (Å²) in [5.74, 6) is 3.40. The molecule has 12 nitrogen and oxygen atoms in total. The Kier molecular flexibility index (Phi) is 23.0. The maximum atomic E-state index is 10.3. The highest BCUT2D eigenvalue weighted by molar-refractivity contribution is 5.39. The molecule has 3 aromatic carbocycles. The Hall–Kier alpha value is -3.30. The number of aliphatic hydroxyl groups excluding tert-OH is 3. The number of β-amino-alcohol motifs (C(OH)–C–C–N with tert-alkyl or cyclic N) is 3. The second kappa shape index (κ2) is 27.5. The molecule has 3 aromatic rings. The number of hydrogen-bond acceptors (Lipinski definition) is 12. The summed E-state index contributed by atoms with van der Waals surface area (Å²) in [5, 5.41) is 30.7. The minimum atomic E-state index is -0.493. The summed E-state index contributed by atoms with van der Waals surface area (Å²) < 4.78 is 34.5. The maximum Gasteiger partial charge on any atom is 0.123 e. The third-order valence-corrected chi connectivity index (χ3v) is 11.5. The first-order chi connectivity index (χ1) is 30.8. The Morgan fingerprint density at radius 1 is 0.477 bits per heavy atom. The van der Waals surface area contributed by atoms with Crippen molar-refractivity contribution in [3.8, 4) is 17.2 Å². The van der Waals surface area contributed by atoms with Crippen molar-refractivity contribution in [1.29, 1.82) is 0 Å². The van der Waals surface area contributed by atoms with Gasteiger partial charge in [0.15, 0.2) is 0 Å². The average molecular weight is 908 g/mol. The molecule has 3 fully saturated rings. The number of nitrogens with zero attached hydrogens (tertiary/aromatic N) is 3. The molecule has 0 saturated carbocycles. The van der Waals surface area contributed by atoms with Crippen molar-refractivity contribution >= 4 is 0 Å². The predicted molar refractivity (Wildman–Crippen MR) is 261 cm³/mol. The zero-order chi connectivity index (χ0) is 47.6.